The molecule has 8 heteroatoms. The molecule has 3 heterocycles. The van der Waals surface area contributed by atoms with Crippen LogP contribution in [0.3, 0.4) is 0 Å². The van der Waals surface area contributed by atoms with Gasteiger partial charge in [0.15, 0.2) is 11.5 Å². The number of benzene rings is 1. The molecule has 1 aliphatic heterocycles. The van der Waals surface area contributed by atoms with Crippen molar-refractivity contribution < 1.29 is 24.2 Å². The van der Waals surface area contributed by atoms with E-state index in [-0.39, 0.29) is 17.9 Å². The Kier molecular flexibility index (Phi) is 5.73. The number of hydrogen-bond donors (Lipinski definition) is 1. The molecule has 1 amide bonds. The molecular weight excluding hydrogens is 416 g/mol. The molecule has 1 fully saturated rings. The van der Waals surface area contributed by atoms with Crippen LogP contribution >= 0.6 is 11.3 Å². The van der Waals surface area contributed by atoms with Crippen LogP contribution in [0.1, 0.15) is 22.0 Å². The zero-order chi connectivity index (χ0) is 22.0. The van der Waals surface area contributed by atoms with Gasteiger partial charge in [0, 0.05) is 29.4 Å². The second-order valence-corrected chi connectivity index (χ2v) is 7.85. The standard InChI is InChI=1S/C23H20N2O5S/c1-29-16-8-7-15(11-17(16)30-2)21(26)19-20(18-6-4-10-31-18)25(23(28)22(19)27)13-14-5-3-9-24-12-14/h3-12,20,26H,13H2,1-2H3/b21-19-. The number of hydrogen-bond acceptors (Lipinski definition) is 7. The summed E-state index contributed by atoms with van der Waals surface area (Å²) in [5.74, 6) is -0.750. The van der Waals surface area contributed by atoms with Crippen molar-refractivity contribution in [3.05, 3.63) is 81.8 Å². The van der Waals surface area contributed by atoms with Crippen LogP contribution in [0.4, 0.5) is 0 Å². The minimum absolute atomic E-state index is 0.0450. The van der Waals surface area contributed by atoms with Crippen molar-refractivity contribution in [3.63, 3.8) is 0 Å². The molecule has 1 aromatic carbocycles. The maximum atomic E-state index is 13.0. The zero-order valence-corrected chi connectivity index (χ0v) is 17.8. The van der Waals surface area contributed by atoms with E-state index < -0.39 is 17.7 Å². The number of Topliss-reactive ketones (excluding diaryl/α,β-unsaturated/α-hetero) is 1. The van der Waals surface area contributed by atoms with E-state index in [1.807, 2.05) is 23.6 Å². The first-order valence-corrected chi connectivity index (χ1v) is 10.4. The summed E-state index contributed by atoms with van der Waals surface area (Å²) in [5.41, 5.74) is 1.19. The summed E-state index contributed by atoms with van der Waals surface area (Å²) in [6.07, 6.45) is 3.30. The van der Waals surface area contributed by atoms with E-state index >= 15 is 0 Å². The number of nitrogens with zero attached hydrogens (tertiary/aromatic N) is 2. The lowest BCUT2D eigenvalue weighted by molar-refractivity contribution is -0.140. The molecule has 4 rings (SSSR count). The van der Waals surface area contributed by atoms with Crippen molar-refractivity contribution in [3.8, 4) is 11.5 Å². The van der Waals surface area contributed by atoms with Gasteiger partial charge in [0.25, 0.3) is 11.7 Å². The normalized spacial score (nSPS) is 17.7. The summed E-state index contributed by atoms with van der Waals surface area (Å²) in [6, 6.07) is 11.4. The van der Waals surface area contributed by atoms with E-state index in [9.17, 15) is 14.7 Å². The van der Waals surface area contributed by atoms with E-state index in [2.05, 4.69) is 4.98 Å². The monoisotopic (exact) mass is 436 g/mol. The highest BCUT2D eigenvalue weighted by molar-refractivity contribution is 7.10. The average Bonchev–Trinajstić information content (AvgIpc) is 3.41. The van der Waals surface area contributed by atoms with Crippen LogP contribution in [-0.2, 0) is 16.1 Å². The van der Waals surface area contributed by atoms with Gasteiger partial charge in [0.2, 0.25) is 0 Å². The number of rotatable bonds is 6. The van der Waals surface area contributed by atoms with E-state index in [4.69, 9.17) is 9.47 Å². The highest BCUT2D eigenvalue weighted by Gasteiger charge is 2.46. The lowest BCUT2D eigenvalue weighted by Crippen LogP contribution is -2.28. The molecule has 0 saturated carbocycles. The van der Waals surface area contributed by atoms with Crippen LogP contribution in [0.5, 0.6) is 11.5 Å². The Labute approximate surface area is 183 Å². The maximum absolute atomic E-state index is 13.0. The summed E-state index contributed by atoms with van der Waals surface area (Å²) in [5, 5.41) is 13.0. The zero-order valence-electron chi connectivity index (χ0n) is 16.9. The Morgan fingerprint density at radius 3 is 2.58 bits per heavy atom. The maximum Gasteiger partial charge on any atom is 0.295 e. The third kappa shape index (κ3) is 3.77. The van der Waals surface area contributed by atoms with Gasteiger partial charge in [-0.15, -0.1) is 11.3 Å². The van der Waals surface area contributed by atoms with Gasteiger partial charge in [-0.05, 0) is 41.3 Å². The topological polar surface area (TPSA) is 89.0 Å². The first-order valence-electron chi connectivity index (χ1n) is 9.48. The number of thiophene rings is 1. The highest BCUT2D eigenvalue weighted by atomic mass is 32.1. The van der Waals surface area contributed by atoms with Crippen molar-refractivity contribution in [2.45, 2.75) is 12.6 Å². The van der Waals surface area contributed by atoms with Gasteiger partial charge in [-0.25, -0.2) is 0 Å². The number of pyridine rings is 1. The molecule has 0 radical (unpaired) electrons. The van der Waals surface area contributed by atoms with Crippen LogP contribution in [0.2, 0.25) is 0 Å². The van der Waals surface area contributed by atoms with Crippen LogP contribution in [0.15, 0.2) is 65.8 Å². The first kappa shape index (κ1) is 20.6. The van der Waals surface area contributed by atoms with Gasteiger partial charge < -0.3 is 19.5 Å². The van der Waals surface area contributed by atoms with Gasteiger partial charge in [0.05, 0.1) is 25.8 Å². The largest absolute Gasteiger partial charge is 0.507 e. The number of methoxy groups -OCH3 is 2. The molecule has 1 unspecified atom stereocenters. The van der Waals surface area contributed by atoms with Crippen molar-refractivity contribution in [2.24, 2.45) is 0 Å². The molecule has 1 N–H and O–H groups in total. The first-order chi connectivity index (χ1) is 15.0. The fourth-order valence-corrected chi connectivity index (χ4v) is 4.46. The number of aromatic nitrogens is 1. The van der Waals surface area contributed by atoms with Gasteiger partial charge in [0.1, 0.15) is 5.76 Å². The van der Waals surface area contributed by atoms with Crippen molar-refractivity contribution >= 4 is 28.8 Å². The smallest absolute Gasteiger partial charge is 0.295 e. The Hall–Kier alpha value is -3.65. The Bertz CT molecular complexity index is 1140. The van der Waals surface area contributed by atoms with Crippen LogP contribution in [0, 0.1) is 0 Å². The molecule has 0 spiro atoms. The molecule has 7 nitrogen and oxygen atoms in total. The second-order valence-electron chi connectivity index (χ2n) is 6.87. The Morgan fingerprint density at radius 2 is 1.94 bits per heavy atom. The van der Waals surface area contributed by atoms with Crippen molar-refractivity contribution in [1.82, 2.24) is 9.88 Å². The number of ether oxygens (including phenoxy) is 2. The lowest BCUT2D eigenvalue weighted by Gasteiger charge is -2.24. The van der Waals surface area contributed by atoms with Gasteiger partial charge >= 0.3 is 0 Å². The molecule has 2 aromatic heterocycles. The molecule has 3 aromatic rings. The quantitative estimate of drug-likeness (QED) is 0.359. The summed E-state index contributed by atoms with van der Waals surface area (Å²) in [4.78, 5) is 32.3. The minimum Gasteiger partial charge on any atom is -0.507 e. The molecule has 31 heavy (non-hydrogen) atoms. The van der Waals surface area contributed by atoms with Gasteiger partial charge in [-0.2, -0.15) is 0 Å². The predicted octanol–water partition coefficient (Wildman–Crippen LogP) is 3.78. The number of ketones is 1. The summed E-state index contributed by atoms with van der Waals surface area (Å²) < 4.78 is 10.6. The minimum atomic E-state index is -0.727. The average molecular weight is 436 g/mol. The molecule has 1 atom stereocenters. The van der Waals surface area contributed by atoms with Crippen molar-refractivity contribution in [1.29, 1.82) is 0 Å². The third-order valence-electron chi connectivity index (χ3n) is 5.09. The van der Waals surface area contributed by atoms with Crippen LogP contribution < -0.4 is 9.47 Å². The fraction of sp³-hybridized carbons (Fsp3) is 0.174. The number of amides is 1. The van der Waals surface area contributed by atoms with Gasteiger partial charge in [-0.3, -0.25) is 14.6 Å². The second kappa shape index (κ2) is 8.61. The van der Waals surface area contributed by atoms with Crippen LogP contribution in [-0.4, -0.2) is 40.9 Å². The van der Waals surface area contributed by atoms with Gasteiger partial charge in [-0.1, -0.05) is 12.1 Å². The van der Waals surface area contributed by atoms with E-state index in [0.29, 0.717) is 17.1 Å². The SMILES string of the molecule is COc1ccc(/C(O)=C2/C(=O)C(=O)N(Cc3cccnc3)C2c2cccs2)cc1OC. The highest BCUT2D eigenvalue weighted by Crippen LogP contribution is 2.42. The third-order valence-corrected chi connectivity index (χ3v) is 6.01. The fourth-order valence-electron chi connectivity index (χ4n) is 3.61. The number of carbonyl (C=O) groups excluding carboxylic acids is 2. The molecule has 1 saturated heterocycles. The molecule has 1 aliphatic rings. The number of aliphatic hydroxyl groups is 1. The number of likely N-dealkylation sites (tertiary alicyclic amines) is 1. The van der Waals surface area contributed by atoms with E-state index in [0.717, 1.165) is 10.4 Å². The summed E-state index contributed by atoms with van der Waals surface area (Å²) in [6.45, 7) is 0.198. The predicted molar refractivity (Wildman–Crippen MR) is 116 cm³/mol. The van der Waals surface area contributed by atoms with E-state index in [1.54, 1.807) is 36.7 Å². The lowest BCUT2D eigenvalue weighted by atomic mass is 9.99. The molecule has 0 aliphatic carbocycles. The Morgan fingerprint density at radius 1 is 1.13 bits per heavy atom. The number of aliphatic hydroxyl groups excluding tert-OH is 1. The van der Waals surface area contributed by atoms with Crippen LogP contribution in [0.25, 0.3) is 5.76 Å². The molecule has 158 valence electrons. The molecular formula is C23H20N2O5S. The summed E-state index contributed by atoms with van der Waals surface area (Å²) >= 11 is 1.42. The molecule has 0 bridgehead atoms. The van der Waals surface area contributed by atoms with E-state index in [1.165, 1.54) is 30.5 Å². The van der Waals surface area contributed by atoms with Crippen molar-refractivity contribution in [2.75, 3.05) is 14.2 Å². The number of carbonyl (C=O) groups is 2. The Balaban J connectivity index is 1.83. The summed E-state index contributed by atoms with van der Waals surface area (Å²) in [7, 11) is 3.00.